The highest BCUT2D eigenvalue weighted by atomic mass is 16.5. The lowest BCUT2D eigenvalue weighted by Gasteiger charge is -2.14. The first-order valence-corrected chi connectivity index (χ1v) is 10.5. The third-order valence-electron chi connectivity index (χ3n) is 5.71. The second kappa shape index (κ2) is 8.81. The van der Waals surface area contributed by atoms with Gasteiger partial charge >= 0.3 is 0 Å². The average molecular weight is 441 g/mol. The van der Waals surface area contributed by atoms with Crippen LogP contribution in [-0.4, -0.2) is 33.6 Å². The molecule has 0 radical (unpaired) electrons. The number of methoxy groups -OCH3 is 1. The van der Waals surface area contributed by atoms with Gasteiger partial charge < -0.3 is 9.30 Å². The summed E-state index contributed by atoms with van der Waals surface area (Å²) in [6.07, 6.45) is 1.64. The fraction of sp³-hybridized carbons (Fsp3) is 0.240. The molecule has 8 nitrogen and oxygen atoms in total. The van der Waals surface area contributed by atoms with Gasteiger partial charge in [-0.2, -0.15) is 10.3 Å². The quantitative estimate of drug-likeness (QED) is 0.453. The van der Waals surface area contributed by atoms with Crippen molar-refractivity contribution in [2.75, 3.05) is 13.7 Å². The smallest absolute Gasteiger partial charge is 0.279 e. The van der Waals surface area contributed by atoms with Gasteiger partial charge in [-0.25, -0.2) is 4.98 Å². The summed E-state index contributed by atoms with van der Waals surface area (Å²) in [5.74, 6) is -0.478. The van der Waals surface area contributed by atoms with Gasteiger partial charge in [0.1, 0.15) is 17.4 Å². The van der Waals surface area contributed by atoms with Crippen LogP contribution in [0.3, 0.4) is 0 Å². The van der Waals surface area contributed by atoms with Crippen molar-refractivity contribution in [2.24, 2.45) is 4.99 Å². The van der Waals surface area contributed by atoms with E-state index in [-0.39, 0.29) is 35.1 Å². The molecule has 166 valence electrons. The summed E-state index contributed by atoms with van der Waals surface area (Å²) < 4.78 is 8.31. The van der Waals surface area contributed by atoms with E-state index in [9.17, 15) is 14.9 Å². The molecule has 3 heterocycles. The summed E-state index contributed by atoms with van der Waals surface area (Å²) in [5, 5.41) is 10.1. The molecular weight excluding hydrogens is 418 g/mol. The first-order chi connectivity index (χ1) is 15.8. The van der Waals surface area contributed by atoms with Gasteiger partial charge in [0.2, 0.25) is 0 Å². The van der Waals surface area contributed by atoms with Crippen molar-refractivity contribution in [1.82, 2.24) is 14.0 Å². The van der Waals surface area contributed by atoms with Crippen LogP contribution in [0.15, 0.2) is 52.4 Å². The van der Waals surface area contributed by atoms with Gasteiger partial charge in [0.05, 0.1) is 17.6 Å². The molecule has 1 aromatic carbocycles. The molecule has 0 bridgehead atoms. The van der Waals surface area contributed by atoms with Gasteiger partial charge in [-0.1, -0.05) is 12.1 Å². The Bertz CT molecular complexity index is 1590. The number of nitriles is 1. The number of aromatic nitrogens is 3. The Balaban J connectivity index is 2.09. The van der Waals surface area contributed by atoms with Crippen molar-refractivity contribution >= 4 is 22.6 Å². The minimum Gasteiger partial charge on any atom is -0.383 e. The van der Waals surface area contributed by atoms with E-state index in [1.807, 2.05) is 32.9 Å². The first-order valence-electron chi connectivity index (χ1n) is 10.5. The molecule has 1 amide bonds. The van der Waals surface area contributed by atoms with Crippen molar-refractivity contribution in [3.63, 3.8) is 0 Å². The Morgan fingerprint density at radius 2 is 1.91 bits per heavy atom. The van der Waals surface area contributed by atoms with Crippen LogP contribution in [0.5, 0.6) is 0 Å². The summed E-state index contributed by atoms with van der Waals surface area (Å²) in [6.45, 7) is 6.30. The van der Waals surface area contributed by atoms with Crippen LogP contribution in [0, 0.1) is 32.1 Å². The fourth-order valence-corrected chi connectivity index (χ4v) is 3.72. The van der Waals surface area contributed by atoms with Crippen molar-refractivity contribution in [3.8, 4) is 6.07 Å². The fourth-order valence-electron chi connectivity index (χ4n) is 3.72. The highest BCUT2D eigenvalue weighted by Gasteiger charge is 2.16. The minimum absolute atomic E-state index is 0.113. The number of aryl methyl sites for hydroxylation is 3. The molecule has 0 aliphatic carbocycles. The van der Waals surface area contributed by atoms with Crippen LogP contribution in [0.25, 0.3) is 16.7 Å². The SMILES string of the molecule is COCCn1c(=NC(=O)c2ccc(C)c(C)c2)c(C#N)cc2c(=O)n3cccc(C)c3nc21. The monoisotopic (exact) mass is 441 g/mol. The number of hydrogen-bond acceptors (Lipinski definition) is 5. The third-order valence-corrected chi connectivity index (χ3v) is 5.71. The Labute approximate surface area is 190 Å². The number of rotatable bonds is 4. The summed E-state index contributed by atoms with van der Waals surface area (Å²) in [7, 11) is 1.55. The average Bonchev–Trinajstić information content (AvgIpc) is 2.80. The number of fused-ring (bicyclic) bond motifs is 2. The van der Waals surface area contributed by atoms with E-state index in [0.29, 0.717) is 16.9 Å². The topological polar surface area (TPSA) is 102 Å². The van der Waals surface area contributed by atoms with Crippen LogP contribution in [0.1, 0.15) is 32.6 Å². The summed E-state index contributed by atoms with van der Waals surface area (Å²) in [6, 6.07) is 12.5. The summed E-state index contributed by atoms with van der Waals surface area (Å²) >= 11 is 0. The molecule has 0 aliphatic heterocycles. The largest absolute Gasteiger partial charge is 0.383 e. The maximum absolute atomic E-state index is 13.2. The molecule has 8 heteroatoms. The molecular formula is C25H23N5O3. The molecule has 0 spiro atoms. The van der Waals surface area contributed by atoms with Crippen LogP contribution in [0.4, 0.5) is 0 Å². The van der Waals surface area contributed by atoms with Gasteiger partial charge in [0.25, 0.3) is 11.5 Å². The predicted octanol–water partition coefficient (Wildman–Crippen LogP) is 2.83. The van der Waals surface area contributed by atoms with Gasteiger partial charge in [0, 0.05) is 25.4 Å². The lowest BCUT2D eigenvalue weighted by atomic mass is 10.1. The standard InChI is InChI=1S/C25H23N5O3/c1-15-7-8-18(12-17(15)3)24(31)28-22-19(14-26)13-20-23(29(22)10-11-33-4)27-21-16(2)6-5-9-30(21)25(20)32/h5-9,12-13H,10-11H2,1-4H3. The Hall–Kier alpha value is -4.09. The highest BCUT2D eigenvalue weighted by Crippen LogP contribution is 2.14. The third kappa shape index (κ3) is 3.95. The molecule has 0 saturated heterocycles. The van der Waals surface area contributed by atoms with Gasteiger partial charge in [0.15, 0.2) is 5.49 Å². The van der Waals surface area contributed by atoms with Crippen molar-refractivity contribution in [1.29, 1.82) is 5.26 Å². The number of amides is 1. The predicted molar refractivity (Wildman–Crippen MR) is 124 cm³/mol. The molecule has 0 atom stereocenters. The maximum atomic E-state index is 13.2. The van der Waals surface area contributed by atoms with E-state index in [0.717, 1.165) is 16.7 Å². The minimum atomic E-state index is -0.478. The van der Waals surface area contributed by atoms with Crippen LogP contribution in [0.2, 0.25) is 0 Å². The lowest BCUT2D eigenvalue weighted by molar-refractivity contribution is 0.0996. The van der Waals surface area contributed by atoms with Crippen molar-refractivity contribution < 1.29 is 9.53 Å². The van der Waals surface area contributed by atoms with Gasteiger partial charge in [-0.3, -0.25) is 14.0 Å². The number of nitrogens with zero attached hydrogens (tertiary/aromatic N) is 5. The summed E-state index contributed by atoms with van der Waals surface area (Å²) in [4.78, 5) is 35.3. The van der Waals surface area contributed by atoms with Crippen LogP contribution < -0.4 is 11.0 Å². The van der Waals surface area contributed by atoms with E-state index in [4.69, 9.17) is 9.72 Å². The molecule has 0 saturated carbocycles. The van der Waals surface area contributed by atoms with Crippen molar-refractivity contribution in [2.45, 2.75) is 27.3 Å². The highest BCUT2D eigenvalue weighted by molar-refractivity contribution is 5.95. The maximum Gasteiger partial charge on any atom is 0.279 e. The number of benzene rings is 1. The van der Waals surface area contributed by atoms with E-state index in [1.165, 1.54) is 10.5 Å². The number of carbonyl (C=O) groups is 1. The Morgan fingerprint density at radius 3 is 2.61 bits per heavy atom. The van der Waals surface area contributed by atoms with E-state index < -0.39 is 5.91 Å². The molecule has 3 aromatic heterocycles. The van der Waals surface area contributed by atoms with Gasteiger partial charge in [-0.05, 0) is 61.7 Å². The van der Waals surface area contributed by atoms with Gasteiger partial charge in [-0.15, -0.1) is 0 Å². The number of ether oxygens (including phenoxy) is 1. The summed E-state index contributed by atoms with van der Waals surface area (Å²) in [5.41, 5.74) is 4.09. The van der Waals surface area contributed by atoms with E-state index >= 15 is 0 Å². The van der Waals surface area contributed by atoms with E-state index in [2.05, 4.69) is 11.1 Å². The molecule has 0 aliphatic rings. The number of carbonyl (C=O) groups excluding carboxylic acids is 1. The first kappa shape index (κ1) is 22.1. The van der Waals surface area contributed by atoms with Crippen LogP contribution >= 0.6 is 0 Å². The molecule has 4 rings (SSSR count). The zero-order valence-corrected chi connectivity index (χ0v) is 18.9. The van der Waals surface area contributed by atoms with Crippen LogP contribution in [-0.2, 0) is 11.3 Å². The molecule has 0 unspecified atom stereocenters. The molecule has 33 heavy (non-hydrogen) atoms. The zero-order valence-electron chi connectivity index (χ0n) is 18.9. The molecule has 0 N–H and O–H groups in total. The normalized spacial score (nSPS) is 11.8. The Kier molecular flexibility index (Phi) is 5.90. The van der Waals surface area contributed by atoms with Crippen molar-refractivity contribution in [3.05, 3.63) is 86.3 Å². The number of pyridine rings is 2. The zero-order chi connectivity index (χ0) is 23.7. The second-order valence-corrected chi connectivity index (χ2v) is 7.89. The lowest BCUT2D eigenvalue weighted by Crippen LogP contribution is -2.30. The molecule has 0 fully saturated rings. The molecule has 4 aromatic rings. The second-order valence-electron chi connectivity index (χ2n) is 7.89. The number of hydrogen-bond donors (Lipinski definition) is 0. The Morgan fingerprint density at radius 1 is 1.12 bits per heavy atom. The van der Waals surface area contributed by atoms with E-state index in [1.54, 1.807) is 36.1 Å².